The van der Waals surface area contributed by atoms with E-state index in [2.05, 4.69) is 4.74 Å². The molecule has 26 heavy (non-hydrogen) atoms. The zero-order chi connectivity index (χ0) is 19.7. The Morgan fingerprint density at radius 2 is 1.58 bits per heavy atom. The van der Waals surface area contributed by atoms with Gasteiger partial charge >= 0.3 is 18.3 Å². The van der Waals surface area contributed by atoms with Crippen LogP contribution in [0.4, 0.5) is 30.7 Å². The molecule has 0 aliphatic rings. The highest BCUT2D eigenvalue weighted by Crippen LogP contribution is 2.37. The van der Waals surface area contributed by atoms with Gasteiger partial charge in [-0.15, -0.1) is 0 Å². The molecule has 2 rings (SSSR count). The summed E-state index contributed by atoms with van der Waals surface area (Å²) in [4.78, 5) is 10.7. The standard InChI is InChI=1S/C16H9F7O3/c17-12-7-9(13(24)25)3-6-11(12)8-1-4-10(5-2-8)26-16(22,23)14(18)15(19,20)21/h1-7,14H,(H,24,25). The molecule has 1 atom stereocenters. The molecule has 2 aromatic carbocycles. The maximum atomic E-state index is 13.9. The Kier molecular flexibility index (Phi) is 5.15. The number of hydrogen-bond acceptors (Lipinski definition) is 2. The summed E-state index contributed by atoms with van der Waals surface area (Å²) in [6.07, 6.45) is -15.5. The predicted octanol–water partition coefficient (Wildman–Crippen LogP) is 5.06. The minimum Gasteiger partial charge on any atom is -0.478 e. The average Bonchev–Trinajstić information content (AvgIpc) is 2.53. The Morgan fingerprint density at radius 3 is 2.04 bits per heavy atom. The molecule has 0 spiro atoms. The summed E-state index contributed by atoms with van der Waals surface area (Å²) in [5, 5.41) is 8.75. The van der Waals surface area contributed by atoms with Gasteiger partial charge in [0.2, 0.25) is 0 Å². The Balaban J connectivity index is 2.22. The third-order valence-corrected chi connectivity index (χ3v) is 3.22. The van der Waals surface area contributed by atoms with Crippen molar-refractivity contribution >= 4 is 5.97 Å². The summed E-state index contributed by atoms with van der Waals surface area (Å²) in [6.45, 7) is 0. The second-order valence-corrected chi connectivity index (χ2v) is 5.09. The monoisotopic (exact) mass is 382 g/mol. The van der Waals surface area contributed by atoms with E-state index in [0.717, 1.165) is 42.5 Å². The number of alkyl halides is 6. The van der Waals surface area contributed by atoms with E-state index in [1.54, 1.807) is 0 Å². The molecule has 3 nitrogen and oxygen atoms in total. The van der Waals surface area contributed by atoms with E-state index in [9.17, 15) is 35.5 Å². The highest BCUT2D eigenvalue weighted by atomic mass is 19.4. The van der Waals surface area contributed by atoms with Crippen LogP contribution in [-0.4, -0.2) is 29.5 Å². The van der Waals surface area contributed by atoms with E-state index in [1.165, 1.54) is 0 Å². The van der Waals surface area contributed by atoms with Crippen LogP contribution >= 0.6 is 0 Å². The van der Waals surface area contributed by atoms with Crippen molar-refractivity contribution in [3.63, 3.8) is 0 Å². The summed E-state index contributed by atoms with van der Waals surface area (Å²) < 4.78 is 92.9. The molecule has 0 fully saturated rings. The van der Waals surface area contributed by atoms with Crippen LogP contribution in [0.15, 0.2) is 42.5 Å². The highest BCUT2D eigenvalue weighted by Gasteiger charge is 2.59. The van der Waals surface area contributed by atoms with E-state index in [0.29, 0.717) is 0 Å². The van der Waals surface area contributed by atoms with Crippen LogP contribution in [-0.2, 0) is 0 Å². The van der Waals surface area contributed by atoms with Gasteiger partial charge in [0.15, 0.2) is 0 Å². The average molecular weight is 382 g/mol. The third-order valence-electron chi connectivity index (χ3n) is 3.22. The van der Waals surface area contributed by atoms with E-state index in [4.69, 9.17) is 5.11 Å². The lowest BCUT2D eigenvalue weighted by Crippen LogP contribution is -2.45. The van der Waals surface area contributed by atoms with Gasteiger partial charge < -0.3 is 9.84 Å². The molecule has 10 heteroatoms. The Bertz CT molecular complexity index is 800. The topological polar surface area (TPSA) is 46.5 Å². The SMILES string of the molecule is O=C(O)c1ccc(-c2ccc(OC(F)(F)C(F)C(F)(F)F)cc2)c(F)c1. The summed E-state index contributed by atoms with van der Waals surface area (Å²) >= 11 is 0. The van der Waals surface area contributed by atoms with E-state index < -0.39 is 36.0 Å². The smallest absolute Gasteiger partial charge is 0.439 e. The van der Waals surface area contributed by atoms with Crippen LogP contribution in [0.5, 0.6) is 5.75 Å². The van der Waals surface area contributed by atoms with Crippen LogP contribution < -0.4 is 4.74 Å². The largest absolute Gasteiger partial charge is 0.478 e. The van der Waals surface area contributed by atoms with Crippen molar-refractivity contribution in [2.45, 2.75) is 18.5 Å². The number of carboxylic acids is 1. The summed E-state index contributed by atoms with van der Waals surface area (Å²) in [5.74, 6) is -3.04. The summed E-state index contributed by atoms with van der Waals surface area (Å²) in [7, 11) is 0. The van der Waals surface area contributed by atoms with Crippen molar-refractivity contribution in [3.8, 4) is 16.9 Å². The second-order valence-electron chi connectivity index (χ2n) is 5.09. The Labute approximate surface area is 141 Å². The van der Waals surface area contributed by atoms with Gasteiger partial charge in [-0.3, -0.25) is 0 Å². The van der Waals surface area contributed by atoms with Gasteiger partial charge in [0, 0.05) is 5.56 Å². The number of benzene rings is 2. The molecule has 0 radical (unpaired) electrons. The zero-order valence-electron chi connectivity index (χ0n) is 12.5. The van der Waals surface area contributed by atoms with Gasteiger partial charge in [0.05, 0.1) is 5.56 Å². The first kappa shape index (κ1) is 19.5. The molecule has 0 bridgehead atoms. The lowest BCUT2D eigenvalue weighted by atomic mass is 10.0. The number of carbonyl (C=O) groups is 1. The van der Waals surface area contributed by atoms with Gasteiger partial charge in [-0.05, 0) is 29.8 Å². The number of carboxylic acid groups (broad SMARTS) is 1. The minimum atomic E-state index is -5.81. The zero-order valence-corrected chi connectivity index (χ0v) is 12.5. The van der Waals surface area contributed by atoms with Gasteiger partial charge in [-0.1, -0.05) is 18.2 Å². The Hall–Kier alpha value is -2.78. The first-order valence-corrected chi connectivity index (χ1v) is 6.82. The van der Waals surface area contributed by atoms with Gasteiger partial charge in [0.1, 0.15) is 11.6 Å². The molecule has 0 saturated carbocycles. The van der Waals surface area contributed by atoms with Crippen LogP contribution in [0, 0.1) is 5.82 Å². The first-order valence-electron chi connectivity index (χ1n) is 6.82. The molecule has 0 aliphatic heterocycles. The fourth-order valence-electron chi connectivity index (χ4n) is 1.98. The van der Waals surface area contributed by atoms with Crippen molar-refractivity contribution < 1.29 is 45.4 Å². The quantitative estimate of drug-likeness (QED) is 0.735. The van der Waals surface area contributed by atoms with Crippen molar-refractivity contribution in [1.82, 2.24) is 0 Å². The number of rotatable bonds is 5. The lowest BCUT2D eigenvalue weighted by Gasteiger charge is -2.23. The minimum absolute atomic E-state index is 0.0769. The number of aromatic carboxylic acids is 1. The summed E-state index contributed by atoms with van der Waals surface area (Å²) in [5.41, 5.74) is -0.276. The van der Waals surface area contributed by atoms with E-state index in [-0.39, 0.29) is 16.7 Å². The highest BCUT2D eigenvalue weighted by molar-refractivity contribution is 5.88. The predicted molar refractivity (Wildman–Crippen MR) is 75.3 cm³/mol. The van der Waals surface area contributed by atoms with E-state index >= 15 is 0 Å². The molecule has 140 valence electrons. The van der Waals surface area contributed by atoms with Crippen molar-refractivity contribution in [3.05, 3.63) is 53.8 Å². The number of halogens is 7. The fourth-order valence-corrected chi connectivity index (χ4v) is 1.98. The molecule has 0 heterocycles. The van der Waals surface area contributed by atoms with Crippen LogP contribution in [0.1, 0.15) is 10.4 Å². The van der Waals surface area contributed by atoms with Gasteiger partial charge in [-0.25, -0.2) is 13.6 Å². The fraction of sp³-hybridized carbons (Fsp3) is 0.188. The van der Waals surface area contributed by atoms with Gasteiger partial charge in [0.25, 0.3) is 6.17 Å². The number of hydrogen-bond donors (Lipinski definition) is 1. The molecule has 0 saturated heterocycles. The third kappa shape index (κ3) is 4.24. The van der Waals surface area contributed by atoms with E-state index in [1.807, 2.05) is 0 Å². The van der Waals surface area contributed by atoms with Crippen molar-refractivity contribution in [2.24, 2.45) is 0 Å². The molecule has 1 N–H and O–H groups in total. The molecule has 0 amide bonds. The molecular formula is C16H9F7O3. The molecule has 2 aromatic rings. The second kappa shape index (κ2) is 6.85. The Morgan fingerprint density at radius 1 is 1.00 bits per heavy atom. The van der Waals surface area contributed by atoms with Crippen LogP contribution in [0.2, 0.25) is 0 Å². The van der Waals surface area contributed by atoms with Crippen molar-refractivity contribution in [2.75, 3.05) is 0 Å². The maximum Gasteiger partial charge on any atom is 0.439 e. The number of ether oxygens (including phenoxy) is 1. The summed E-state index contributed by atoms with van der Waals surface area (Å²) in [6, 6.07) is 6.68. The molecular weight excluding hydrogens is 373 g/mol. The lowest BCUT2D eigenvalue weighted by molar-refractivity contribution is -0.304. The first-order chi connectivity index (χ1) is 11.9. The molecule has 1 unspecified atom stereocenters. The van der Waals surface area contributed by atoms with Crippen LogP contribution in [0.3, 0.4) is 0 Å². The van der Waals surface area contributed by atoms with Crippen LogP contribution in [0.25, 0.3) is 11.1 Å². The molecule has 0 aliphatic carbocycles. The van der Waals surface area contributed by atoms with Crippen molar-refractivity contribution in [1.29, 1.82) is 0 Å². The normalized spacial score (nSPS) is 13.3. The maximum absolute atomic E-state index is 13.9. The van der Waals surface area contributed by atoms with Gasteiger partial charge in [-0.2, -0.15) is 22.0 Å². The molecule has 0 aromatic heterocycles.